The first-order valence-electron chi connectivity index (χ1n) is 3.35. The fourth-order valence-corrected chi connectivity index (χ4v) is 1.04. The molecule has 1 atom stereocenters. The predicted octanol–water partition coefficient (Wildman–Crippen LogP) is -0.109. The SMILES string of the molecule is CCOCC(C#N)OS(C)(=O)=O. The van der Waals surface area contributed by atoms with Crippen molar-refractivity contribution in [1.29, 1.82) is 5.26 Å². The number of ether oxygens (including phenoxy) is 1. The highest BCUT2D eigenvalue weighted by molar-refractivity contribution is 7.86. The minimum absolute atomic E-state index is 0.0277. The maximum absolute atomic E-state index is 10.5. The number of hydrogen-bond acceptors (Lipinski definition) is 5. The van der Waals surface area contributed by atoms with Crippen LogP contribution in [0.1, 0.15) is 6.92 Å². The maximum Gasteiger partial charge on any atom is 0.265 e. The fourth-order valence-electron chi connectivity index (χ4n) is 0.522. The third kappa shape index (κ3) is 6.09. The Morgan fingerprint density at radius 3 is 2.50 bits per heavy atom. The Labute approximate surface area is 72.0 Å². The van der Waals surface area contributed by atoms with Crippen molar-refractivity contribution in [2.75, 3.05) is 19.5 Å². The van der Waals surface area contributed by atoms with Gasteiger partial charge in [-0.1, -0.05) is 0 Å². The zero-order valence-electron chi connectivity index (χ0n) is 6.98. The molecule has 0 aromatic carbocycles. The van der Waals surface area contributed by atoms with Gasteiger partial charge in [-0.3, -0.25) is 0 Å². The van der Waals surface area contributed by atoms with Crippen molar-refractivity contribution in [2.45, 2.75) is 13.0 Å². The summed E-state index contributed by atoms with van der Waals surface area (Å²) in [6, 6.07) is 1.67. The summed E-state index contributed by atoms with van der Waals surface area (Å²) < 4.78 is 30.3. The van der Waals surface area contributed by atoms with Gasteiger partial charge in [-0.25, -0.2) is 4.18 Å². The smallest absolute Gasteiger partial charge is 0.265 e. The van der Waals surface area contributed by atoms with Gasteiger partial charge in [0.1, 0.15) is 0 Å². The first kappa shape index (κ1) is 11.4. The Bertz CT molecular complexity index is 253. The Hall–Kier alpha value is -0.640. The molecule has 0 spiro atoms. The molecule has 0 radical (unpaired) electrons. The fraction of sp³-hybridized carbons (Fsp3) is 0.833. The molecule has 0 aliphatic carbocycles. The molecule has 0 aliphatic rings. The Morgan fingerprint density at radius 1 is 1.58 bits per heavy atom. The van der Waals surface area contributed by atoms with Gasteiger partial charge in [-0.2, -0.15) is 13.7 Å². The minimum atomic E-state index is -3.57. The van der Waals surface area contributed by atoms with E-state index in [4.69, 9.17) is 10.00 Å². The van der Waals surface area contributed by atoms with Gasteiger partial charge >= 0.3 is 0 Å². The van der Waals surface area contributed by atoms with Gasteiger partial charge in [0.15, 0.2) is 6.10 Å². The van der Waals surface area contributed by atoms with Crippen molar-refractivity contribution in [3.63, 3.8) is 0 Å². The quantitative estimate of drug-likeness (QED) is 0.569. The van der Waals surface area contributed by atoms with Gasteiger partial charge < -0.3 is 4.74 Å². The van der Waals surface area contributed by atoms with Gasteiger partial charge in [0.2, 0.25) is 0 Å². The zero-order valence-corrected chi connectivity index (χ0v) is 7.80. The van der Waals surface area contributed by atoms with Crippen LogP contribution in [0.2, 0.25) is 0 Å². The van der Waals surface area contributed by atoms with E-state index in [9.17, 15) is 8.42 Å². The largest absolute Gasteiger partial charge is 0.378 e. The summed E-state index contributed by atoms with van der Waals surface area (Å²) in [5.74, 6) is 0. The summed E-state index contributed by atoms with van der Waals surface area (Å²) in [4.78, 5) is 0. The van der Waals surface area contributed by atoms with Crippen molar-refractivity contribution in [2.24, 2.45) is 0 Å². The topological polar surface area (TPSA) is 76.4 Å². The van der Waals surface area contributed by atoms with Crippen LogP contribution in [-0.4, -0.2) is 34.0 Å². The summed E-state index contributed by atoms with van der Waals surface area (Å²) in [6.07, 6.45) is -0.150. The van der Waals surface area contributed by atoms with Gasteiger partial charge in [-0.05, 0) is 6.92 Å². The van der Waals surface area contributed by atoms with Gasteiger partial charge in [0.05, 0.1) is 18.9 Å². The average Bonchev–Trinajstić information content (AvgIpc) is 1.95. The average molecular weight is 193 g/mol. The van der Waals surface area contributed by atoms with Crippen molar-refractivity contribution in [3.05, 3.63) is 0 Å². The van der Waals surface area contributed by atoms with Crippen molar-refractivity contribution in [1.82, 2.24) is 0 Å². The lowest BCUT2D eigenvalue weighted by atomic mass is 10.4. The first-order valence-corrected chi connectivity index (χ1v) is 5.17. The third-order valence-corrected chi connectivity index (χ3v) is 1.49. The summed E-state index contributed by atoms with van der Waals surface area (Å²) >= 11 is 0. The van der Waals surface area contributed by atoms with Crippen LogP contribution in [0.5, 0.6) is 0 Å². The van der Waals surface area contributed by atoms with Crippen LogP contribution >= 0.6 is 0 Å². The second-order valence-electron chi connectivity index (χ2n) is 2.08. The summed E-state index contributed by atoms with van der Waals surface area (Å²) in [5.41, 5.74) is 0. The molecule has 0 saturated carbocycles. The molecular formula is C6H11NO4S. The zero-order chi connectivity index (χ0) is 9.61. The lowest BCUT2D eigenvalue weighted by Gasteiger charge is -2.07. The van der Waals surface area contributed by atoms with Crippen LogP contribution in [0.4, 0.5) is 0 Å². The molecule has 0 aromatic rings. The lowest BCUT2D eigenvalue weighted by molar-refractivity contribution is 0.0852. The number of nitrogens with zero attached hydrogens (tertiary/aromatic N) is 1. The van der Waals surface area contributed by atoms with Crippen LogP contribution in [-0.2, 0) is 19.0 Å². The van der Waals surface area contributed by atoms with E-state index in [2.05, 4.69) is 4.18 Å². The van der Waals surface area contributed by atoms with Gasteiger partial charge in [0.25, 0.3) is 10.1 Å². The van der Waals surface area contributed by atoms with E-state index in [1.54, 1.807) is 13.0 Å². The van der Waals surface area contributed by atoms with Crippen LogP contribution in [0, 0.1) is 11.3 Å². The van der Waals surface area contributed by atoms with E-state index < -0.39 is 16.2 Å². The monoisotopic (exact) mass is 193 g/mol. The summed E-state index contributed by atoms with van der Waals surface area (Å²) in [5, 5.41) is 8.40. The second kappa shape index (κ2) is 5.09. The molecule has 0 fully saturated rings. The molecule has 0 heterocycles. The Balaban J connectivity index is 3.95. The van der Waals surface area contributed by atoms with Gasteiger partial charge in [0, 0.05) is 6.61 Å². The first-order chi connectivity index (χ1) is 5.49. The number of hydrogen-bond donors (Lipinski definition) is 0. The predicted molar refractivity (Wildman–Crippen MR) is 41.8 cm³/mol. The molecule has 0 amide bonds. The molecule has 0 aliphatic heterocycles. The van der Waals surface area contributed by atoms with E-state index in [0.29, 0.717) is 6.61 Å². The highest BCUT2D eigenvalue weighted by Gasteiger charge is 2.14. The van der Waals surface area contributed by atoms with E-state index in [-0.39, 0.29) is 6.61 Å². The molecular weight excluding hydrogens is 182 g/mol. The molecule has 70 valence electrons. The van der Waals surface area contributed by atoms with E-state index in [1.165, 1.54) is 0 Å². The normalized spacial score (nSPS) is 13.8. The Morgan fingerprint density at radius 2 is 2.17 bits per heavy atom. The third-order valence-electron chi connectivity index (χ3n) is 0.908. The second-order valence-corrected chi connectivity index (χ2v) is 3.68. The highest BCUT2D eigenvalue weighted by atomic mass is 32.2. The standard InChI is InChI=1S/C6H11NO4S/c1-3-10-5-6(4-7)11-12(2,8)9/h6H,3,5H2,1-2H3. The van der Waals surface area contributed by atoms with E-state index in [1.807, 2.05) is 0 Å². The molecule has 0 rings (SSSR count). The molecule has 5 nitrogen and oxygen atoms in total. The molecule has 0 saturated heterocycles. The number of rotatable bonds is 5. The molecule has 1 unspecified atom stereocenters. The van der Waals surface area contributed by atoms with E-state index >= 15 is 0 Å². The highest BCUT2D eigenvalue weighted by Crippen LogP contribution is 1.97. The molecule has 12 heavy (non-hydrogen) atoms. The molecule has 6 heteroatoms. The van der Waals surface area contributed by atoms with Gasteiger partial charge in [-0.15, -0.1) is 0 Å². The Kier molecular flexibility index (Phi) is 4.81. The maximum atomic E-state index is 10.5. The van der Waals surface area contributed by atoms with Crippen molar-refractivity contribution >= 4 is 10.1 Å². The summed E-state index contributed by atoms with van der Waals surface area (Å²) in [6.45, 7) is 2.14. The van der Waals surface area contributed by atoms with Crippen molar-refractivity contribution in [3.8, 4) is 6.07 Å². The molecule has 0 bridgehead atoms. The molecule has 0 N–H and O–H groups in total. The van der Waals surface area contributed by atoms with Crippen LogP contribution in [0.15, 0.2) is 0 Å². The van der Waals surface area contributed by atoms with Crippen LogP contribution in [0.25, 0.3) is 0 Å². The number of nitriles is 1. The summed E-state index contributed by atoms with van der Waals surface area (Å²) in [7, 11) is -3.57. The van der Waals surface area contributed by atoms with Crippen molar-refractivity contribution < 1.29 is 17.3 Å². The lowest BCUT2D eigenvalue weighted by Crippen LogP contribution is -2.21. The molecule has 0 aromatic heterocycles. The minimum Gasteiger partial charge on any atom is -0.378 e. The van der Waals surface area contributed by atoms with E-state index in [0.717, 1.165) is 6.26 Å². The van der Waals surface area contributed by atoms with Crippen LogP contribution < -0.4 is 0 Å². The van der Waals surface area contributed by atoms with Crippen LogP contribution in [0.3, 0.4) is 0 Å².